The minimum Gasteiger partial charge on any atom is -0.493 e. The van der Waals surface area contributed by atoms with Crippen molar-refractivity contribution >= 4 is 6.47 Å². The van der Waals surface area contributed by atoms with Gasteiger partial charge in [0.2, 0.25) is 12.5 Å². The molecule has 0 aromatic heterocycles. The summed E-state index contributed by atoms with van der Waals surface area (Å²) >= 11 is 0. The number of aliphatic hydroxyl groups excluding tert-OH is 1. The Bertz CT molecular complexity index is 947. The predicted molar refractivity (Wildman–Crippen MR) is 110 cm³/mol. The summed E-state index contributed by atoms with van der Waals surface area (Å²) in [5, 5.41) is 11.1. The second kappa shape index (κ2) is 8.55. The summed E-state index contributed by atoms with van der Waals surface area (Å²) in [6.45, 7) is 2.67. The van der Waals surface area contributed by atoms with Gasteiger partial charge < -0.3 is 33.5 Å². The summed E-state index contributed by atoms with van der Waals surface area (Å²) in [5.74, 6) is 2.26. The number of carbonyl (C=O) groups is 1. The van der Waals surface area contributed by atoms with Crippen molar-refractivity contribution < 1.29 is 38.3 Å². The Morgan fingerprint density at radius 3 is 2.16 bits per heavy atom. The van der Waals surface area contributed by atoms with Crippen LogP contribution in [0.1, 0.15) is 35.6 Å². The molecule has 1 unspecified atom stereocenters. The molecule has 31 heavy (non-hydrogen) atoms. The van der Waals surface area contributed by atoms with Crippen LogP contribution >= 0.6 is 0 Å². The molecule has 4 rings (SSSR count). The summed E-state index contributed by atoms with van der Waals surface area (Å²) in [6.07, 6.45) is -0.822. The van der Waals surface area contributed by atoms with Gasteiger partial charge in [0.05, 0.1) is 34.0 Å². The van der Waals surface area contributed by atoms with Crippen molar-refractivity contribution in [2.24, 2.45) is 11.8 Å². The Labute approximate surface area is 180 Å². The fraction of sp³-hybridized carbons (Fsp3) is 0.435. The van der Waals surface area contributed by atoms with Gasteiger partial charge in [-0.25, -0.2) is 0 Å². The normalized spacial score (nSPS) is 23.6. The molecule has 1 N–H and O–H groups in total. The minimum atomic E-state index is -0.822. The van der Waals surface area contributed by atoms with Crippen molar-refractivity contribution in [1.82, 2.24) is 0 Å². The molecule has 1 aliphatic heterocycles. The third-order valence-electron chi connectivity index (χ3n) is 6.24. The summed E-state index contributed by atoms with van der Waals surface area (Å²) < 4.78 is 32.7. The first-order valence-corrected chi connectivity index (χ1v) is 10.0. The van der Waals surface area contributed by atoms with Crippen molar-refractivity contribution in [2.45, 2.75) is 18.9 Å². The number of methoxy groups -OCH3 is 3. The maximum atomic E-state index is 11.1. The Balaban J connectivity index is 1.90. The summed E-state index contributed by atoms with van der Waals surface area (Å²) in [6, 6.07) is 7.55. The Morgan fingerprint density at radius 2 is 1.61 bits per heavy atom. The average Bonchev–Trinajstić information content (AvgIpc) is 3.24. The maximum absolute atomic E-state index is 11.1. The number of fused-ring (bicyclic) bond motifs is 2. The topological polar surface area (TPSA) is 92.7 Å². The highest BCUT2D eigenvalue weighted by Crippen LogP contribution is 2.53. The molecule has 0 radical (unpaired) electrons. The van der Waals surface area contributed by atoms with Crippen LogP contribution in [0.5, 0.6) is 28.7 Å². The van der Waals surface area contributed by atoms with Crippen LogP contribution in [0.2, 0.25) is 0 Å². The van der Waals surface area contributed by atoms with Gasteiger partial charge in [-0.15, -0.1) is 0 Å². The SMILES string of the molecule is COc1cc(C2c3cc4c(cc3[C@@H](O)[C@@H](COC=O)[C@@H]2C)OCO4)cc(OC)c1OC. The molecule has 0 saturated carbocycles. The van der Waals surface area contributed by atoms with Crippen molar-refractivity contribution in [3.05, 3.63) is 41.0 Å². The first-order chi connectivity index (χ1) is 15.0. The van der Waals surface area contributed by atoms with E-state index < -0.39 is 6.10 Å². The maximum Gasteiger partial charge on any atom is 0.293 e. The Kier molecular flexibility index (Phi) is 5.82. The van der Waals surface area contributed by atoms with Crippen molar-refractivity contribution in [3.63, 3.8) is 0 Å². The largest absolute Gasteiger partial charge is 0.493 e. The smallest absolute Gasteiger partial charge is 0.293 e. The van der Waals surface area contributed by atoms with Crippen LogP contribution in [-0.4, -0.2) is 46.3 Å². The molecular weight excluding hydrogens is 404 g/mol. The molecule has 1 aliphatic carbocycles. The zero-order valence-electron chi connectivity index (χ0n) is 17.9. The highest BCUT2D eigenvalue weighted by atomic mass is 16.7. The fourth-order valence-electron chi connectivity index (χ4n) is 4.70. The van der Waals surface area contributed by atoms with E-state index in [0.717, 1.165) is 16.7 Å². The molecule has 0 bridgehead atoms. The number of carbonyl (C=O) groups excluding carboxylic acids is 1. The third-order valence-corrected chi connectivity index (χ3v) is 6.24. The summed E-state index contributed by atoms with van der Waals surface area (Å²) in [5.41, 5.74) is 2.56. The van der Waals surface area contributed by atoms with Gasteiger partial charge in [0.15, 0.2) is 23.0 Å². The molecule has 0 fully saturated rings. The van der Waals surface area contributed by atoms with Crippen molar-refractivity contribution in [1.29, 1.82) is 0 Å². The van der Waals surface area contributed by atoms with Gasteiger partial charge in [-0.1, -0.05) is 6.92 Å². The molecule has 8 heteroatoms. The average molecular weight is 430 g/mol. The van der Waals surface area contributed by atoms with Crippen molar-refractivity contribution in [2.75, 3.05) is 34.7 Å². The highest BCUT2D eigenvalue weighted by Gasteiger charge is 2.42. The first-order valence-electron chi connectivity index (χ1n) is 10.0. The van der Waals surface area contributed by atoms with Gasteiger partial charge in [0.25, 0.3) is 6.47 Å². The number of aliphatic hydroxyl groups is 1. The number of hydrogen-bond donors (Lipinski definition) is 1. The second-order valence-electron chi connectivity index (χ2n) is 7.67. The number of ether oxygens (including phenoxy) is 6. The second-order valence-corrected chi connectivity index (χ2v) is 7.67. The van der Waals surface area contributed by atoms with E-state index in [1.165, 1.54) is 0 Å². The lowest BCUT2D eigenvalue weighted by Crippen LogP contribution is -2.35. The van der Waals surface area contributed by atoms with E-state index >= 15 is 0 Å². The molecule has 8 nitrogen and oxygen atoms in total. The van der Waals surface area contributed by atoms with E-state index in [4.69, 9.17) is 28.4 Å². The highest BCUT2D eigenvalue weighted by molar-refractivity contribution is 5.59. The van der Waals surface area contributed by atoms with Gasteiger partial charge >= 0.3 is 0 Å². The van der Waals surface area contributed by atoms with Crippen LogP contribution in [0.4, 0.5) is 0 Å². The lowest BCUT2D eigenvalue weighted by Gasteiger charge is -2.41. The number of hydrogen-bond acceptors (Lipinski definition) is 8. The van der Waals surface area contributed by atoms with Gasteiger partial charge in [0.1, 0.15) is 0 Å². The van der Waals surface area contributed by atoms with Crippen LogP contribution in [0, 0.1) is 11.8 Å². The predicted octanol–water partition coefficient (Wildman–Crippen LogP) is 3.05. The molecular formula is C23H26O8. The summed E-state index contributed by atoms with van der Waals surface area (Å²) in [7, 11) is 4.70. The molecule has 1 heterocycles. The van der Waals surface area contributed by atoms with E-state index in [-0.39, 0.29) is 31.2 Å². The lowest BCUT2D eigenvalue weighted by molar-refractivity contribution is -0.132. The molecule has 166 valence electrons. The van der Waals surface area contributed by atoms with Gasteiger partial charge in [-0.3, -0.25) is 4.79 Å². The Hall–Kier alpha value is -3.13. The van der Waals surface area contributed by atoms with E-state index in [0.29, 0.717) is 35.2 Å². The zero-order valence-corrected chi connectivity index (χ0v) is 17.9. The quantitative estimate of drug-likeness (QED) is 0.670. The molecule has 2 aromatic carbocycles. The van der Waals surface area contributed by atoms with E-state index in [2.05, 4.69) is 0 Å². The van der Waals surface area contributed by atoms with Gasteiger partial charge in [-0.05, 0) is 46.9 Å². The lowest BCUT2D eigenvalue weighted by atomic mass is 9.66. The van der Waals surface area contributed by atoms with Crippen LogP contribution < -0.4 is 23.7 Å². The van der Waals surface area contributed by atoms with Crippen LogP contribution in [-0.2, 0) is 9.53 Å². The number of benzene rings is 2. The van der Waals surface area contributed by atoms with Crippen LogP contribution in [0.3, 0.4) is 0 Å². The number of rotatable bonds is 7. The fourth-order valence-corrected chi connectivity index (χ4v) is 4.70. The van der Waals surface area contributed by atoms with Gasteiger partial charge in [0, 0.05) is 11.8 Å². The standard InChI is InChI=1S/C23H26O8/c1-12-16(9-29-10-24)22(25)15-8-18-17(30-11-31-18)7-14(15)21(12)13-5-19(26-2)23(28-4)20(6-13)27-3/h5-8,10,12,16,21-22,25H,9,11H2,1-4H3/t12-,16-,21?,22+/m0/s1. The van der Waals surface area contributed by atoms with Gasteiger partial charge in [-0.2, -0.15) is 0 Å². The minimum absolute atomic E-state index is 0.0781. The monoisotopic (exact) mass is 430 g/mol. The third kappa shape index (κ3) is 3.50. The Morgan fingerprint density at radius 1 is 1.00 bits per heavy atom. The van der Waals surface area contributed by atoms with Crippen LogP contribution in [0.25, 0.3) is 0 Å². The first kappa shape index (κ1) is 21.1. The molecule has 0 saturated heterocycles. The zero-order chi connectivity index (χ0) is 22.1. The van der Waals surface area contributed by atoms with Crippen molar-refractivity contribution in [3.8, 4) is 28.7 Å². The molecule has 0 spiro atoms. The van der Waals surface area contributed by atoms with Crippen LogP contribution in [0.15, 0.2) is 24.3 Å². The molecule has 0 amide bonds. The van der Waals surface area contributed by atoms with E-state index in [1.54, 1.807) is 21.3 Å². The van der Waals surface area contributed by atoms with E-state index in [1.807, 2.05) is 31.2 Å². The summed E-state index contributed by atoms with van der Waals surface area (Å²) in [4.78, 5) is 10.9. The molecule has 4 atom stereocenters. The van der Waals surface area contributed by atoms with E-state index in [9.17, 15) is 9.90 Å². The molecule has 2 aromatic rings. The molecule has 2 aliphatic rings.